The molecule has 2 aromatic heterocycles. The SMILES string of the molecule is [Cl][Fe][Cl].[NH-]Cc1ccc2ccccc2n1.c1ccc2nc(C[N-]C3CCCCC3)ccc2c1. The second-order valence-corrected chi connectivity index (χ2v) is 9.67. The fourth-order valence-corrected chi connectivity index (χ4v) is 3.89. The Morgan fingerprint density at radius 3 is 1.85 bits per heavy atom. The monoisotopic (exact) mass is 522 g/mol. The van der Waals surface area contributed by atoms with E-state index in [0.29, 0.717) is 6.04 Å². The van der Waals surface area contributed by atoms with E-state index in [9.17, 15) is 0 Å². The Morgan fingerprint density at radius 1 is 0.758 bits per heavy atom. The Hall–Kier alpha value is -1.72. The molecule has 4 nitrogen and oxygen atoms in total. The number of fused-ring (bicyclic) bond motifs is 2. The molecule has 0 aliphatic heterocycles. The maximum atomic E-state index is 7.16. The quantitative estimate of drug-likeness (QED) is 0.252. The van der Waals surface area contributed by atoms with Crippen molar-refractivity contribution in [2.24, 2.45) is 0 Å². The van der Waals surface area contributed by atoms with Crippen molar-refractivity contribution < 1.29 is 13.1 Å². The van der Waals surface area contributed by atoms with E-state index in [-0.39, 0.29) is 19.7 Å². The van der Waals surface area contributed by atoms with Gasteiger partial charge in [-0.3, -0.25) is 9.97 Å². The molecule has 4 aromatic rings. The Labute approximate surface area is 210 Å². The summed E-state index contributed by atoms with van der Waals surface area (Å²) in [6.07, 6.45) is 6.63. The van der Waals surface area contributed by atoms with Crippen molar-refractivity contribution in [2.45, 2.75) is 51.2 Å². The number of nitrogens with one attached hydrogen (secondary N) is 1. The van der Waals surface area contributed by atoms with Gasteiger partial charge in [-0.1, -0.05) is 80.6 Å². The first-order chi connectivity index (χ1) is 16.2. The van der Waals surface area contributed by atoms with Crippen molar-refractivity contribution in [2.75, 3.05) is 0 Å². The molecular weight excluding hydrogens is 495 g/mol. The smallest absolute Gasteiger partial charge is 0.0704 e. The molecule has 2 aromatic carbocycles. The third-order valence-electron chi connectivity index (χ3n) is 5.58. The van der Waals surface area contributed by atoms with E-state index in [2.05, 4.69) is 40.3 Å². The Kier molecular flexibility index (Phi) is 11.4. The topological polar surface area (TPSA) is 63.7 Å². The molecule has 1 saturated carbocycles. The van der Waals surface area contributed by atoms with Crippen LogP contribution in [0.4, 0.5) is 0 Å². The van der Waals surface area contributed by atoms with Gasteiger partial charge in [0.05, 0.1) is 11.0 Å². The molecule has 7 heteroatoms. The van der Waals surface area contributed by atoms with Crippen molar-refractivity contribution in [3.05, 3.63) is 95.2 Å². The van der Waals surface area contributed by atoms with Gasteiger partial charge in [0.2, 0.25) is 0 Å². The number of rotatable bonds is 4. The van der Waals surface area contributed by atoms with Crippen LogP contribution in [0.15, 0.2) is 72.8 Å². The minimum Gasteiger partial charge on any atom is -0.672 e. The summed E-state index contributed by atoms with van der Waals surface area (Å²) in [5.41, 5.74) is 11.1. The molecule has 1 fully saturated rings. The molecule has 1 aliphatic carbocycles. The van der Waals surface area contributed by atoms with E-state index in [1.807, 2.05) is 42.5 Å². The standard InChI is InChI=1S/C16H19N2.C10H9N2.2ClH.Fe/c1-2-7-14(8-3-1)17-12-15-11-10-13-6-4-5-9-16(13)18-15;11-7-9-6-5-8-3-1-2-4-10(8)12-9;;;/h4-6,9-11,14H,1-3,7-8,12H2;1-6,11H,7H2;2*1H;/q2*-1;;;+2/p-2. The Bertz CT molecular complexity index is 1120. The van der Waals surface area contributed by atoms with Crippen molar-refractivity contribution in [1.29, 1.82) is 0 Å². The predicted molar refractivity (Wildman–Crippen MR) is 137 cm³/mol. The van der Waals surface area contributed by atoms with Crippen LogP contribution in [0.1, 0.15) is 43.5 Å². The first-order valence-corrected chi connectivity index (χ1v) is 14.1. The number of pyridine rings is 2. The molecule has 0 radical (unpaired) electrons. The van der Waals surface area contributed by atoms with Crippen LogP contribution in [-0.2, 0) is 26.2 Å². The second-order valence-electron chi connectivity index (χ2n) is 7.85. The molecule has 33 heavy (non-hydrogen) atoms. The van der Waals surface area contributed by atoms with Crippen LogP contribution >= 0.6 is 20.2 Å². The van der Waals surface area contributed by atoms with Gasteiger partial charge in [0.25, 0.3) is 0 Å². The normalized spacial score (nSPS) is 13.8. The molecule has 2 heterocycles. The molecule has 1 aliphatic rings. The zero-order chi connectivity index (χ0) is 23.3. The van der Waals surface area contributed by atoms with E-state index in [1.54, 1.807) is 0 Å². The predicted octanol–water partition coefficient (Wildman–Crippen LogP) is 8.60. The molecule has 0 atom stereocenters. The van der Waals surface area contributed by atoms with Crippen LogP contribution in [0.5, 0.6) is 0 Å². The fourth-order valence-electron chi connectivity index (χ4n) is 3.89. The number of hydrogen-bond donors (Lipinski definition) is 0. The van der Waals surface area contributed by atoms with Crippen LogP contribution in [0, 0.1) is 0 Å². The molecule has 0 bridgehead atoms. The molecular formula is C26H28Cl2FeN4-2. The average Bonchev–Trinajstić information content (AvgIpc) is 2.88. The number of aromatic nitrogens is 2. The van der Waals surface area contributed by atoms with Crippen molar-refractivity contribution >= 4 is 42.0 Å². The summed E-state index contributed by atoms with van der Waals surface area (Å²) in [5.74, 6) is 0. The molecule has 0 amide bonds. The summed E-state index contributed by atoms with van der Waals surface area (Å²) in [6, 6.07) is 24.9. The minimum atomic E-state index is 0.194. The van der Waals surface area contributed by atoms with Gasteiger partial charge in [-0.05, 0) is 24.3 Å². The molecule has 0 spiro atoms. The molecule has 5 rings (SSSR count). The summed E-state index contributed by atoms with van der Waals surface area (Å²) in [6.45, 7) is 1.03. The van der Waals surface area contributed by atoms with Crippen LogP contribution in [0.3, 0.4) is 0 Å². The summed E-state index contributed by atoms with van der Waals surface area (Å²) in [4.78, 5) is 8.97. The van der Waals surface area contributed by atoms with Gasteiger partial charge in [0.15, 0.2) is 0 Å². The van der Waals surface area contributed by atoms with Gasteiger partial charge in [-0.2, -0.15) is 0 Å². The minimum absolute atomic E-state index is 0.194. The van der Waals surface area contributed by atoms with Gasteiger partial charge in [0.1, 0.15) is 0 Å². The number of hydrogen-bond acceptors (Lipinski definition) is 2. The van der Waals surface area contributed by atoms with E-state index in [0.717, 1.165) is 34.4 Å². The number of benzene rings is 2. The third-order valence-corrected chi connectivity index (χ3v) is 5.58. The van der Waals surface area contributed by atoms with E-state index in [1.165, 1.54) is 37.5 Å². The van der Waals surface area contributed by atoms with Gasteiger partial charge in [-0.25, -0.2) is 0 Å². The van der Waals surface area contributed by atoms with Crippen molar-refractivity contribution in [3.8, 4) is 0 Å². The number of nitrogens with zero attached hydrogens (tertiary/aromatic N) is 3. The fraction of sp³-hybridized carbons (Fsp3) is 0.308. The third kappa shape index (κ3) is 8.53. The van der Waals surface area contributed by atoms with Crippen LogP contribution in [0.2, 0.25) is 0 Å². The summed E-state index contributed by atoms with van der Waals surface area (Å²) < 4.78 is 0. The van der Waals surface area contributed by atoms with Crippen molar-refractivity contribution in [3.63, 3.8) is 0 Å². The molecule has 1 N–H and O–H groups in total. The van der Waals surface area contributed by atoms with E-state index in [4.69, 9.17) is 31.2 Å². The molecule has 0 unspecified atom stereocenters. The van der Waals surface area contributed by atoms with Crippen LogP contribution in [-0.4, -0.2) is 16.0 Å². The summed E-state index contributed by atoms with van der Waals surface area (Å²) in [5, 5.41) is 7.14. The summed E-state index contributed by atoms with van der Waals surface area (Å²) >= 11 is 0.194. The first kappa shape index (κ1) is 25.9. The van der Waals surface area contributed by atoms with E-state index < -0.39 is 0 Å². The maximum absolute atomic E-state index is 7.16. The molecule has 0 saturated heterocycles. The van der Waals surface area contributed by atoms with Gasteiger partial charge in [-0.15, -0.1) is 19.1 Å². The molecule has 176 valence electrons. The summed E-state index contributed by atoms with van der Waals surface area (Å²) in [7, 11) is 9.53. The van der Waals surface area contributed by atoms with Gasteiger partial charge < -0.3 is 11.1 Å². The number of halogens is 2. The van der Waals surface area contributed by atoms with Crippen LogP contribution < -0.4 is 0 Å². The number of para-hydroxylation sites is 2. The first-order valence-electron chi connectivity index (χ1n) is 11.1. The Morgan fingerprint density at radius 2 is 1.27 bits per heavy atom. The second kappa shape index (κ2) is 14.5. The average molecular weight is 523 g/mol. The van der Waals surface area contributed by atoms with Crippen LogP contribution in [0.25, 0.3) is 32.9 Å². The zero-order valence-electron chi connectivity index (χ0n) is 18.4. The Balaban J connectivity index is 0.000000177. The maximum Gasteiger partial charge on any atom is 0.0704 e. The van der Waals surface area contributed by atoms with Gasteiger partial charge >= 0.3 is 33.3 Å². The zero-order valence-corrected chi connectivity index (χ0v) is 21.0. The van der Waals surface area contributed by atoms with Crippen molar-refractivity contribution in [1.82, 2.24) is 9.97 Å². The van der Waals surface area contributed by atoms with E-state index >= 15 is 0 Å². The van der Waals surface area contributed by atoms with Gasteiger partial charge in [0, 0.05) is 22.2 Å². The largest absolute Gasteiger partial charge is 0.672 e.